The fourth-order valence-corrected chi connectivity index (χ4v) is 2.82. The van der Waals surface area contributed by atoms with E-state index < -0.39 is 10.8 Å². The van der Waals surface area contributed by atoms with Crippen LogP contribution in [-0.4, -0.2) is 53.3 Å². The zero-order chi connectivity index (χ0) is 10.6. The van der Waals surface area contributed by atoms with Crippen LogP contribution in [0.15, 0.2) is 0 Å². The number of likely N-dealkylation sites (N-methyl/N-ethyl adjacent to an activating group) is 1. The van der Waals surface area contributed by atoms with E-state index in [9.17, 15) is 4.21 Å². The van der Waals surface area contributed by atoms with E-state index in [2.05, 4.69) is 31.2 Å². The van der Waals surface area contributed by atoms with Crippen LogP contribution >= 0.6 is 0 Å². The molecular formula is C10H22N2OS. The number of hydrogen-bond donors (Lipinski definition) is 1. The molecule has 3 nitrogen and oxygen atoms in total. The van der Waals surface area contributed by atoms with Crippen LogP contribution < -0.4 is 5.32 Å². The van der Waals surface area contributed by atoms with E-state index in [1.807, 2.05) is 0 Å². The standard InChI is InChI=1S/C10H22N2OS/c1-9(12(2)3)8-11-10-4-6-14(13)7-5-10/h9-11H,4-8H2,1-3H3. The van der Waals surface area contributed by atoms with Crippen molar-refractivity contribution in [1.82, 2.24) is 10.2 Å². The lowest BCUT2D eigenvalue weighted by Crippen LogP contribution is -2.42. The fraction of sp³-hybridized carbons (Fsp3) is 1.00. The molecule has 0 amide bonds. The highest BCUT2D eigenvalue weighted by Gasteiger charge is 2.17. The van der Waals surface area contributed by atoms with Crippen LogP contribution in [0.3, 0.4) is 0 Å². The summed E-state index contributed by atoms with van der Waals surface area (Å²) in [4.78, 5) is 2.22. The van der Waals surface area contributed by atoms with Crippen molar-refractivity contribution in [2.75, 3.05) is 32.1 Å². The second-order valence-corrected chi connectivity index (χ2v) is 6.04. The maximum atomic E-state index is 11.1. The average Bonchev–Trinajstić information content (AvgIpc) is 2.16. The van der Waals surface area contributed by atoms with Crippen LogP contribution in [0.1, 0.15) is 19.8 Å². The first-order chi connectivity index (χ1) is 6.59. The molecule has 1 N–H and O–H groups in total. The summed E-state index contributed by atoms with van der Waals surface area (Å²) in [5.74, 6) is 1.77. The molecule has 0 aromatic rings. The lowest BCUT2D eigenvalue weighted by Gasteiger charge is -2.26. The quantitative estimate of drug-likeness (QED) is 0.743. The maximum Gasteiger partial charge on any atom is 0.0249 e. The molecule has 0 aromatic heterocycles. The Bertz CT molecular complexity index is 187. The third-order valence-corrected chi connectivity index (χ3v) is 4.35. The Kier molecular flexibility index (Phi) is 5.06. The molecule has 0 radical (unpaired) electrons. The summed E-state index contributed by atoms with van der Waals surface area (Å²) in [5, 5.41) is 3.55. The molecule has 1 heterocycles. The first-order valence-electron chi connectivity index (χ1n) is 5.34. The largest absolute Gasteiger partial charge is 0.312 e. The molecule has 0 spiro atoms. The van der Waals surface area contributed by atoms with Crippen molar-refractivity contribution in [2.45, 2.75) is 31.8 Å². The maximum absolute atomic E-state index is 11.1. The van der Waals surface area contributed by atoms with E-state index in [0.717, 1.165) is 30.9 Å². The van der Waals surface area contributed by atoms with E-state index in [-0.39, 0.29) is 0 Å². The van der Waals surface area contributed by atoms with Crippen molar-refractivity contribution in [3.05, 3.63) is 0 Å². The Morgan fingerprint density at radius 3 is 2.50 bits per heavy atom. The van der Waals surface area contributed by atoms with E-state index >= 15 is 0 Å². The molecule has 0 aliphatic carbocycles. The van der Waals surface area contributed by atoms with E-state index in [4.69, 9.17) is 0 Å². The Hall–Kier alpha value is 0.0700. The van der Waals surface area contributed by atoms with E-state index in [1.165, 1.54) is 0 Å². The highest BCUT2D eigenvalue weighted by atomic mass is 32.2. The van der Waals surface area contributed by atoms with Gasteiger partial charge in [-0.1, -0.05) is 0 Å². The van der Waals surface area contributed by atoms with Gasteiger partial charge in [0.1, 0.15) is 0 Å². The molecule has 1 aliphatic rings. The van der Waals surface area contributed by atoms with Crippen LogP contribution in [0.2, 0.25) is 0 Å². The summed E-state index contributed by atoms with van der Waals surface area (Å²) < 4.78 is 11.1. The smallest absolute Gasteiger partial charge is 0.0249 e. The van der Waals surface area contributed by atoms with Crippen molar-refractivity contribution in [1.29, 1.82) is 0 Å². The molecule has 0 aromatic carbocycles. The molecule has 1 fully saturated rings. The van der Waals surface area contributed by atoms with Crippen molar-refractivity contribution in [3.8, 4) is 0 Å². The molecule has 1 saturated heterocycles. The van der Waals surface area contributed by atoms with Crippen molar-refractivity contribution >= 4 is 10.8 Å². The summed E-state index contributed by atoms with van der Waals surface area (Å²) in [6, 6.07) is 1.16. The molecule has 1 unspecified atom stereocenters. The number of nitrogens with zero attached hydrogens (tertiary/aromatic N) is 1. The third-order valence-electron chi connectivity index (χ3n) is 2.97. The van der Waals surface area contributed by atoms with Crippen LogP contribution in [0, 0.1) is 0 Å². The van der Waals surface area contributed by atoms with Crippen LogP contribution in [0.25, 0.3) is 0 Å². The molecule has 84 valence electrons. The second-order valence-electron chi connectivity index (χ2n) is 4.34. The first kappa shape index (κ1) is 12.1. The predicted octanol–water partition coefficient (Wildman–Crippen LogP) is 0.437. The minimum atomic E-state index is -0.534. The lowest BCUT2D eigenvalue weighted by atomic mass is 10.1. The minimum absolute atomic E-state index is 0.534. The lowest BCUT2D eigenvalue weighted by molar-refractivity contribution is 0.289. The van der Waals surface area contributed by atoms with Gasteiger partial charge in [-0.3, -0.25) is 4.21 Å². The minimum Gasteiger partial charge on any atom is -0.312 e. The van der Waals surface area contributed by atoms with Gasteiger partial charge in [-0.15, -0.1) is 0 Å². The average molecular weight is 218 g/mol. The highest BCUT2D eigenvalue weighted by molar-refractivity contribution is 7.85. The van der Waals surface area contributed by atoms with Crippen LogP contribution in [0.4, 0.5) is 0 Å². The predicted molar refractivity (Wildman–Crippen MR) is 62.1 cm³/mol. The molecule has 0 bridgehead atoms. The Balaban J connectivity index is 2.16. The summed E-state index contributed by atoms with van der Waals surface area (Å²) in [6.07, 6.45) is 2.15. The number of nitrogens with one attached hydrogen (secondary N) is 1. The molecule has 14 heavy (non-hydrogen) atoms. The van der Waals surface area contributed by atoms with Gasteiger partial charge < -0.3 is 10.2 Å². The summed E-state index contributed by atoms with van der Waals surface area (Å²) in [6.45, 7) is 3.25. The third kappa shape index (κ3) is 4.07. The Labute approximate surface area is 89.7 Å². The highest BCUT2D eigenvalue weighted by Crippen LogP contribution is 2.09. The number of rotatable bonds is 4. The van der Waals surface area contributed by atoms with Crippen molar-refractivity contribution in [2.24, 2.45) is 0 Å². The summed E-state index contributed by atoms with van der Waals surface area (Å²) in [5.41, 5.74) is 0. The summed E-state index contributed by atoms with van der Waals surface area (Å²) in [7, 11) is 3.66. The summed E-state index contributed by atoms with van der Waals surface area (Å²) >= 11 is 0. The zero-order valence-corrected chi connectivity index (χ0v) is 10.3. The second kappa shape index (κ2) is 5.83. The fourth-order valence-electron chi connectivity index (χ4n) is 1.52. The molecule has 1 atom stereocenters. The molecular weight excluding hydrogens is 196 g/mol. The van der Waals surface area contributed by atoms with Gasteiger partial charge in [0.2, 0.25) is 0 Å². The van der Waals surface area contributed by atoms with Crippen molar-refractivity contribution in [3.63, 3.8) is 0 Å². The number of hydrogen-bond acceptors (Lipinski definition) is 3. The van der Waals surface area contributed by atoms with Crippen molar-refractivity contribution < 1.29 is 4.21 Å². The van der Waals surface area contributed by atoms with Gasteiger partial charge >= 0.3 is 0 Å². The van der Waals surface area contributed by atoms with E-state index in [1.54, 1.807) is 0 Å². The van der Waals surface area contributed by atoms with Gasteiger partial charge in [0, 0.05) is 40.9 Å². The van der Waals surface area contributed by atoms with Crippen LogP contribution in [-0.2, 0) is 10.8 Å². The van der Waals surface area contributed by atoms with Gasteiger partial charge in [-0.2, -0.15) is 0 Å². The SMILES string of the molecule is CC(CNC1CCS(=O)CC1)N(C)C. The van der Waals surface area contributed by atoms with Gasteiger partial charge in [0.15, 0.2) is 0 Å². The van der Waals surface area contributed by atoms with Gasteiger partial charge in [-0.05, 0) is 33.9 Å². The van der Waals surface area contributed by atoms with E-state index in [0.29, 0.717) is 12.1 Å². The molecule has 1 aliphatic heterocycles. The Morgan fingerprint density at radius 2 is 2.00 bits per heavy atom. The molecule has 1 rings (SSSR count). The molecule has 4 heteroatoms. The monoisotopic (exact) mass is 218 g/mol. The van der Waals surface area contributed by atoms with Gasteiger partial charge in [0.05, 0.1) is 0 Å². The topological polar surface area (TPSA) is 32.3 Å². The van der Waals surface area contributed by atoms with Gasteiger partial charge in [-0.25, -0.2) is 0 Å². The molecule has 0 saturated carbocycles. The zero-order valence-electron chi connectivity index (χ0n) is 9.45. The Morgan fingerprint density at radius 1 is 1.43 bits per heavy atom. The first-order valence-corrected chi connectivity index (χ1v) is 6.83. The normalized spacial score (nSPS) is 30.6. The van der Waals surface area contributed by atoms with Gasteiger partial charge in [0.25, 0.3) is 0 Å². The van der Waals surface area contributed by atoms with Crippen LogP contribution in [0.5, 0.6) is 0 Å².